The van der Waals surface area contributed by atoms with E-state index in [4.69, 9.17) is 29.0 Å². The first-order valence-corrected chi connectivity index (χ1v) is 7.29. The van der Waals surface area contributed by atoms with Crippen molar-refractivity contribution < 1.29 is 0 Å². The number of hydrogen-bond acceptors (Lipinski definition) is 2. The monoisotopic (exact) mass is 308 g/mol. The largest absolute Gasteiger partial charge is 0.271 e. The molecule has 0 fully saturated rings. The third kappa shape index (κ3) is 3.33. The van der Waals surface area contributed by atoms with E-state index in [0.717, 1.165) is 11.1 Å². The van der Waals surface area contributed by atoms with E-state index in [9.17, 15) is 0 Å². The van der Waals surface area contributed by atoms with Gasteiger partial charge in [0.05, 0.1) is 6.04 Å². The molecule has 2 rings (SSSR count). The molecule has 106 valence electrons. The van der Waals surface area contributed by atoms with Crippen molar-refractivity contribution in [3.05, 3.63) is 69.2 Å². The molecule has 0 amide bonds. The third-order valence-corrected chi connectivity index (χ3v) is 3.94. The van der Waals surface area contributed by atoms with Crippen LogP contribution < -0.4 is 11.3 Å². The van der Waals surface area contributed by atoms with Crippen molar-refractivity contribution in [1.29, 1.82) is 0 Å². The fourth-order valence-corrected chi connectivity index (χ4v) is 2.69. The molecule has 0 spiro atoms. The van der Waals surface area contributed by atoms with Crippen LogP contribution >= 0.6 is 23.2 Å². The summed E-state index contributed by atoms with van der Waals surface area (Å²) in [7, 11) is 0. The molecule has 2 aromatic rings. The molecular formula is C16H18Cl2N2. The summed E-state index contributed by atoms with van der Waals surface area (Å²) >= 11 is 12.2. The van der Waals surface area contributed by atoms with Gasteiger partial charge in [0.2, 0.25) is 0 Å². The Kier molecular flexibility index (Phi) is 5.06. The molecule has 1 unspecified atom stereocenters. The molecule has 0 radical (unpaired) electrons. The Morgan fingerprint density at radius 2 is 1.55 bits per heavy atom. The maximum Gasteiger partial charge on any atom is 0.0724 e. The van der Waals surface area contributed by atoms with Gasteiger partial charge in [-0.1, -0.05) is 67.4 Å². The van der Waals surface area contributed by atoms with Gasteiger partial charge in [-0.2, -0.15) is 0 Å². The highest BCUT2D eigenvalue weighted by Crippen LogP contribution is 2.30. The van der Waals surface area contributed by atoms with Crippen LogP contribution in [0.3, 0.4) is 0 Å². The van der Waals surface area contributed by atoms with Gasteiger partial charge < -0.3 is 0 Å². The second-order valence-electron chi connectivity index (χ2n) is 5.09. The van der Waals surface area contributed by atoms with Crippen LogP contribution in [-0.2, 0) is 0 Å². The molecule has 0 aliphatic heterocycles. The smallest absolute Gasteiger partial charge is 0.0724 e. The summed E-state index contributed by atoms with van der Waals surface area (Å²) in [6.07, 6.45) is 0. The molecule has 0 aromatic heterocycles. The van der Waals surface area contributed by atoms with Crippen LogP contribution in [0.4, 0.5) is 0 Å². The molecule has 0 aliphatic rings. The maximum absolute atomic E-state index is 6.25. The van der Waals surface area contributed by atoms with E-state index in [1.165, 1.54) is 5.56 Å². The van der Waals surface area contributed by atoms with Gasteiger partial charge in [-0.15, -0.1) is 0 Å². The van der Waals surface area contributed by atoms with Gasteiger partial charge in [0.1, 0.15) is 0 Å². The quantitative estimate of drug-likeness (QED) is 0.636. The summed E-state index contributed by atoms with van der Waals surface area (Å²) in [5.41, 5.74) is 6.10. The van der Waals surface area contributed by atoms with Crippen molar-refractivity contribution in [3.63, 3.8) is 0 Å². The third-order valence-electron chi connectivity index (χ3n) is 3.38. The van der Waals surface area contributed by atoms with Crippen LogP contribution in [0.15, 0.2) is 42.5 Å². The molecular weight excluding hydrogens is 291 g/mol. The fraction of sp³-hybridized carbons (Fsp3) is 0.250. The molecule has 0 saturated heterocycles. The highest BCUT2D eigenvalue weighted by Gasteiger charge is 2.16. The van der Waals surface area contributed by atoms with Crippen LogP contribution in [0.25, 0.3) is 0 Å². The zero-order valence-corrected chi connectivity index (χ0v) is 13.0. The van der Waals surface area contributed by atoms with E-state index in [0.29, 0.717) is 16.0 Å². The molecule has 4 heteroatoms. The molecule has 2 aromatic carbocycles. The highest BCUT2D eigenvalue weighted by atomic mass is 35.5. The molecule has 3 N–H and O–H groups in total. The summed E-state index contributed by atoms with van der Waals surface area (Å²) < 4.78 is 0. The minimum absolute atomic E-state index is 0.152. The molecule has 20 heavy (non-hydrogen) atoms. The average Bonchev–Trinajstić information content (AvgIpc) is 2.42. The maximum atomic E-state index is 6.25. The van der Waals surface area contributed by atoms with Gasteiger partial charge in [-0.25, -0.2) is 5.43 Å². The van der Waals surface area contributed by atoms with Crippen molar-refractivity contribution in [2.45, 2.75) is 25.8 Å². The predicted molar refractivity (Wildman–Crippen MR) is 86.2 cm³/mol. The van der Waals surface area contributed by atoms with Gasteiger partial charge in [0.25, 0.3) is 0 Å². The van der Waals surface area contributed by atoms with Crippen molar-refractivity contribution in [2.75, 3.05) is 0 Å². The molecule has 0 bridgehead atoms. The lowest BCUT2D eigenvalue weighted by Crippen LogP contribution is -2.29. The highest BCUT2D eigenvalue weighted by molar-refractivity contribution is 6.35. The molecule has 0 heterocycles. The Morgan fingerprint density at radius 1 is 0.950 bits per heavy atom. The number of nitrogens with one attached hydrogen (secondary N) is 1. The van der Waals surface area contributed by atoms with Gasteiger partial charge in [-0.05, 0) is 34.7 Å². The Labute approximate surface area is 129 Å². The Hall–Kier alpha value is -1.06. The lowest BCUT2D eigenvalue weighted by molar-refractivity contribution is 0.636. The van der Waals surface area contributed by atoms with Crippen molar-refractivity contribution in [1.82, 2.24) is 5.43 Å². The first-order chi connectivity index (χ1) is 9.52. The summed E-state index contributed by atoms with van der Waals surface area (Å²) in [6, 6.07) is 13.7. The first kappa shape index (κ1) is 15.3. The van der Waals surface area contributed by atoms with E-state index in [-0.39, 0.29) is 6.04 Å². The van der Waals surface area contributed by atoms with Crippen molar-refractivity contribution in [2.24, 2.45) is 5.84 Å². The summed E-state index contributed by atoms with van der Waals surface area (Å²) in [5.74, 6) is 6.21. The lowest BCUT2D eigenvalue weighted by Gasteiger charge is -2.19. The van der Waals surface area contributed by atoms with E-state index in [1.54, 1.807) is 6.07 Å². The fourth-order valence-electron chi connectivity index (χ4n) is 2.17. The number of nitrogens with two attached hydrogens (primary N) is 1. The minimum atomic E-state index is -0.152. The van der Waals surface area contributed by atoms with E-state index >= 15 is 0 Å². The van der Waals surface area contributed by atoms with Crippen LogP contribution in [0.1, 0.15) is 42.5 Å². The van der Waals surface area contributed by atoms with Crippen LogP contribution in [-0.4, -0.2) is 0 Å². The molecule has 2 nitrogen and oxygen atoms in total. The lowest BCUT2D eigenvalue weighted by atomic mass is 9.95. The predicted octanol–water partition coefficient (Wildman–Crippen LogP) is 4.67. The number of hydrogen-bond donors (Lipinski definition) is 2. The second kappa shape index (κ2) is 6.59. The number of halogens is 2. The Balaban J connectivity index is 2.36. The van der Waals surface area contributed by atoms with Crippen LogP contribution in [0, 0.1) is 0 Å². The van der Waals surface area contributed by atoms with E-state index in [2.05, 4.69) is 43.5 Å². The van der Waals surface area contributed by atoms with Gasteiger partial charge >= 0.3 is 0 Å². The van der Waals surface area contributed by atoms with Crippen LogP contribution in [0.2, 0.25) is 10.0 Å². The second-order valence-corrected chi connectivity index (χ2v) is 5.93. The molecule has 0 aliphatic carbocycles. The van der Waals surface area contributed by atoms with Crippen LogP contribution in [0.5, 0.6) is 0 Å². The van der Waals surface area contributed by atoms with Crippen molar-refractivity contribution in [3.8, 4) is 0 Å². The number of rotatable bonds is 4. The first-order valence-electron chi connectivity index (χ1n) is 6.54. The van der Waals surface area contributed by atoms with E-state index < -0.39 is 0 Å². The summed E-state index contributed by atoms with van der Waals surface area (Å²) in [6.45, 7) is 4.34. The zero-order chi connectivity index (χ0) is 14.7. The summed E-state index contributed by atoms with van der Waals surface area (Å²) in [4.78, 5) is 0. The van der Waals surface area contributed by atoms with Crippen molar-refractivity contribution >= 4 is 23.2 Å². The number of benzene rings is 2. The van der Waals surface area contributed by atoms with Gasteiger partial charge in [0.15, 0.2) is 0 Å². The van der Waals surface area contributed by atoms with Gasteiger partial charge in [0, 0.05) is 10.0 Å². The zero-order valence-electron chi connectivity index (χ0n) is 11.5. The standard InChI is InChI=1S/C16H18Cl2N2/c1-10(2)11-3-5-12(6-4-11)16(20-19)14-8-7-13(17)9-15(14)18/h3-10,16,20H,19H2,1-2H3. The SMILES string of the molecule is CC(C)c1ccc(C(NN)c2ccc(Cl)cc2Cl)cc1. The normalized spacial score (nSPS) is 12.7. The molecule has 1 atom stereocenters. The Morgan fingerprint density at radius 3 is 2.05 bits per heavy atom. The summed E-state index contributed by atoms with van der Waals surface area (Å²) in [5, 5.41) is 1.22. The average molecular weight is 309 g/mol. The Bertz CT molecular complexity index is 580. The van der Waals surface area contributed by atoms with E-state index in [1.807, 2.05) is 12.1 Å². The molecule has 0 saturated carbocycles. The van der Waals surface area contributed by atoms with Gasteiger partial charge in [-0.3, -0.25) is 5.84 Å². The minimum Gasteiger partial charge on any atom is -0.271 e. The number of hydrazine groups is 1. The topological polar surface area (TPSA) is 38.0 Å².